The maximum absolute atomic E-state index is 12.0. The van der Waals surface area contributed by atoms with E-state index in [0.29, 0.717) is 22.1 Å². The second-order valence-corrected chi connectivity index (χ2v) is 4.57. The SMILES string of the molecule is Nc1nc(CN2C(=O)c3ccccc3C2=O)ns1. The Kier molecular flexibility index (Phi) is 2.34. The lowest BCUT2D eigenvalue weighted by Gasteiger charge is -2.10. The van der Waals surface area contributed by atoms with Crippen LogP contribution in [0.4, 0.5) is 5.13 Å². The van der Waals surface area contributed by atoms with Gasteiger partial charge < -0.3 is 5.73 Å². The third kappa shape index (κ3) is 1.56. The molecule has 2 aromatic rings. The number of hydrogen-bond donors (Lipinski definition) is 1. The monoisotopic (exact) mass is 260 g/mol. The number of amides is 2. The quantitative estimate of drug-likeness (QED) is 0.811. The molecule has 0 saturated carbocycles. The number of hydrogen-bond acceptors (Lipinski definition) is 6. The molecular formula is C11H8N4O2S. The molecule has 6 nitrogen and oxygen atoms in total. The molecule has 2 amide bonds. The average molecular weight is 260 g/mol. The molecule has 7 heteroatoms. The molecule has 18 heavy (non-hydrogen) atoms. The summed E-state index contributed by atoms with van der Waals surface area (Å²) >= 11 is 1.04. The Labute approximate surface area is 106 Å². The highest BCUT2D eigenvalue weighted by Crippen LogP contribution is 2.23. The van der Waals surface area contributed by atoms with Gasteiger partial charge in [-0.25, -0.2) is 4.98 Å². The van der Waals surface area contributed by atoms with Crippen molar-refractivity contribution < 1.29 is 9.59 Å². The van der Waals surface area contributed by atoms with Crippen LogP contribution in [0.25, 0.3) is 0 Å². The van der Waals surface area contributed by atoms with Gasteiger partial charge in [-0.1, -0.05) is 12.1 Å². The van der Waals surface area contributed by atoms with Gasteiger partial charge in [0.15, 0.2) is 11.0 Å². The molecule has 1 aromatic heterocycles. The van der Waals surface area contributed by atoms with Gasteiger partial charge >= 0.3 is 0 Å². The van der Waals surface area contributed by atoms with Gasteiger partial charge in [0.25, 0.3) is 11.8 Å². The van der Waals surface area contributed by atoms with Crippen molar-refractivity contribution in [2.24, 2.45) is 0 Å². The van der Waals surface area contributed by atoms with Gasteiger partial charge in [0.2, 0.25) is 0 Å². The molecule has 2 heterocycles. The molecule has 0 saturated heterocycles. The van der Waals surface area contributed by atoms with Crippen LogP contribution in [-0.4, -0.2) is 26.1 Å². The number of nitrogens with zero attached hydrogens (tertiary/aromatic N) is 3. The van der Waals surface area contributed by atoms with Crippen molar-refractivity contribution in [3.63, 3.8) is 0 Å². The Morgan fingerprint density at radius 3 is 2.28 bits per heavy atom. The molecule has 1 aliphatic rings. The van der Waals surface area contributed by atoms with Gasteiger partial charge in [-0.2, -0.15) is 4.37 Å². The van der Waals surface area contributed by atoms with Gasteiger partial charge in [0, 0.05) is 11.5 Å². The molecule has 0 aliphatic carbocycles. The standard InChI is InChI=1S/C11H8N4O2S/c12-11-13-8(14-18-11)5-15-9(16)6-3-1-2-4-7(6)10(15)17/h1-4H,5H2,(H2,12,13,14). The summed E-state index contributed by atoms with van der Waals surface area (Å²) in [5.74, 6) is -0.250. The van der Waals surface area contributed by atoms with Crippen LogP contribution in [0.1, 0.15) is 26.5 Å². The number of fused-ring (bicyclic) bond motifs is 1. The first-order valence-corrected chi connectivity index (χ1v) is 5.97. The number of anilines is 1. The van der Waals surface area contributed by atoms with E-state index in [-0.39, 0.29) is 18.4 Å². The zero-order valence-electron chi connectivity index (χ0n) is 9.16. The van der Waals surface area contributed by atoms with Crippen molar-refractivity contribution in [3.05, 3.63) is 41.2 Å². The van der Waals surface area contributed by atoms with Crippen LogP contribution in [0, 0.1) is 0 Å². The topological polar surface area (TPSA) is 89.2 Å². The number of benzene rings is 1. The number of nitrogen functional groups attached to an aromatic ring is 1. The Balaban J connectivity index is 1.92. The molecular weight excluding hydrogens is 252 g/mol. The van der Waals surface area contributed by atoms with Crippen LogP contribution < -0.4 is 5.73 Å². The van der Waals surface area contributed by atoms with Crippen molar-refractivity contribution >= 4 is 28.5 Å². The fraction of sp³-hybridized carbons (Fsp3) is 0.0909. The van der Waals surface area contributed by atoms with Crippen molar-refractivity contribution in [1.82, 2.24) is 14.3 Å². The number of nitrogens with two attached hydrogens (primary N) is 1. The first-order valence-electron chi connectivity index (χ1n) is 5.20. The number of aromatic nitrogens is 2. The summed E-state index contributed by atoms with van der Waals surface area (Å²) in [6.45, 7) is 0.0556. The minimum absolute atomic E-state index is 0.0556. The summed E-state index contributed by atoms with van der Waals surface area (Å²) in [6, 6.07) is 6.73. The van der Waals surface area contributed by atoms with E-state index < -0.39 is 0 Å². The highest BCUT2D eigenvalue weighted by Gasteiger charge is 2.35. The van der Waals surface area contributed by atoms with E-state index in [1.807, 2.05) is 0 Å². The zero-order chi connectivity index (χ0) is 12.7. The lowest BCUT2D eigenvalue weighted by molar-refractivity contribution is 0.0639. The van der Waals surface area contributed by atoms with Crippen molar-refractivity contribution in [3.8, 4) is 0 Å². The molecule has 0 fully saturated rings. The van der Waals surface area contributed by atoms with E-state index in [1.54, 1.807) is 24.3 Å². The van der Waals surface area contributed by atoms with E-state index in [0.717, 1.165) is 16.4 Å². The molecule has 0 atom stereocenters. The third-order valence-corrected chi connectivity index (χ3v) is 3.24. The van der Waals surface area contributed by atoms with Crippen LogP contribution in [0.15, 0.2) is 24.3 Å². The number of carbonyl (C=O) groups excluding carboxylic acids is 2. The largest absolute Gasteiger partial charge is 0.374 e. The van der Waals surface area contributed by atoms with Gasteiger partial charge in [-0.15, -0.1) is 0 Å². The van der Waals surface area contributed by atoms with Crippen LogP contribution in [0.3, 0.4) is 0 Å². The maximum atomic E-state index is 12.0. The first-order chi connectivity index (χ1) is 8.66. The fourth-order valence-corrected chi connectivity index (χ4v) is 2.30. The summed E-state index contributed by atoms with van der Waals surface area (Å²) < 4.78 is 3.97. The van der Waals surface area contributed by atoms with Crippen molar-refractivity contribution in [2.75, 3.05) is 5.73 Å². The molecule has 1 aromatic carbocycles. The van der Waals surface area contributed by atoms with Gasteiger partial charge in [-0.3, -0.25) is 14.5 Å². The lowest BCUT2D eigenvalue weighted by atomic mass is 10.1. The Bertz CT molecular complexity index is 617. The Hall–Kier alpha value is -2.28. The third-order valence-electron chi connectivity index (χ3n) is 2.66. The smallest absolute Gasteiger partial charge is 0.261 e. The molecule has 2 N–H and O–H groups in total. The Morgan fingerprint density at radius 1 is 1.17 bits per heavy atom. The van der Waals surface area contributed by atoms with Gasteiger partial charge in [0.1, 0.15) is 0 Å². The number of carbonyl (C=O) groups is 2. The highest BCUT2D eigenvalue weighted by molar-refractivity contribution is 7.09. The van der Waals surface area contributed by atoms with Crippen LogP contribution in [0.5, 0.6) is 0 Å². The number of imide groups is 1. The van der Waals surface area contributed by atoms with E-state index >= 15 is 0 Å². The van der Waals surface area contributed by atoms with Crippen molar-refractivity contribution in [2.45, 2.75) is 6.54 Å². The van der Waals surface area contributed by atoms with Crippen LogP contribution in [0.2, 0.25) is 0 Å². The number of rotatable bonds is 2. The molecule has 0 spiro atoms. The molecule has 1 aliphatic heterocycles. The Morgan fingerprint density at radius 2 is 1.78 bits per heavy atom. The van der Waals surface area contributed by atoms with Crippen molar-refractivity contribution in [1.29, 1.82) is 0 Å². The zero-order valence-corrected chi connectivity index (χ0v) is 9.98. The van der Waals surface area contributed by atoms with Crippen LogP contribution >= 0.6 is 11.5 Å². The summed E-state index contributed by atoms with van der Waals surface area (Å²) in [6.07, 6.45) is 0. The summed E-state index contributed by atoms with van der Waals surface area (Å²) in [7, 11) is 0. The lowest BCUT2D eigenvalue weighted by Crippen LogP contribution is -2.29. The average Bonchev–Trinajstić information content (AvgIpc) is 2.88. The molecule has 90 valence electrons. The highest BCUT2D eigenvalue weighted by atomic mass is 32.1. The van der Waals surface area contributed by atoms with Gasteiger partial charge in [0.05, 0.1) is 17.7 Å². The van der Waals surface area contributed by atoms with E-state index in [9.17, 15) is 9.59 Å². The summed E-state index contributed by atoms with van der Waals surface area (Å²) in [4.78, 5) is 29.2. The second kappa shape index (κ2) is 3.88. The molecule has 0 bridgehead atoms. The molecule has 0 unspecified atom stereocenters. The minimum Gasteiger partial charge on any atom is -0.374 e. The summed E-state index contributed by atoms with van der Waals surface area (Å²) in [5.41, 5.74) is 6.31. The predicted molar refractivity (Wildman–Crippen MR) is 65.0 cm³/mol. The van der Waals surface area contributed by atoms with E-state index in [1.165, 1.54) is 0 Å². The summed E-state index contributed by atoms with van der Waals surface area (Å²) in [5, 5.41) is 0.321. The van der Waals surface area contributed by atoms with E-state index in [2.05, 4.69) is 9.36 Å². The van der Waals surface area contributed by atoms with E-state index in [4.69, 9.17) is 5.73 Å². The molecule has 0 radical (unpaired) electrons. The molecule has 3 rings (SSSR count). The first kappa shape index (κ1) is 10.8. The normalized spacial score (nSPS) is 14.1. The second-order valence-electron chi connectivity index (χ2n) is 3.79. The maximum Gasteiger partial charge on any atom is 0.261 e. The van der Waals surface area contributed by atoms with Gasteiger partial charge in [-0.05, 0) is 12.1 Å². The fourth-order valence-electron chi connectivity index (χ4n) is 1.86. The minimum atomic E-state index is -0.316. The van der Waals surface area contributed by atoms with Crippen LogP contribution in [-0.2, 0) is 6.54 Å². The predicted octanol–water partition coefficient (Wildman–Crippen LogP) is 0.917.